The Bertz CT molecular complexity index is 1000. The quantitative estimate of drug-likeness (QED) is 0.649. The van der Waals surface area contributed by atoms with E-state index in [2.05, 4.69) is 12.1 Å². The van der Waals surface area contributed by atoms with Crippen molar-refractivity contribution < 1.29 is 9.53 Å². The minimum atomic E-state index is 0.0405. The summed E-state index contributed by atoms with van der Waals surface area (Å²) in [5.74, 6) is 0.810. The molecular weight excluding hydrogens is 310 g/mol. The highest BCUT2D eigenvalue weighted by Gasteiger charge is 2.31. The van der Waals surface area contributed by atoms with Crippen molar-refractivity contribution in [3.63, 3.8) is 0 Å². The van der Waals surface area contributed by atoms with Gasteiger partial charge in [0, 0.05) is 23.2 Å². The minimum Gasteiger partial charge on any atom is -0.496 e. The van der Waals surface area contributed by atoms with Gasteiger partial charge in [0.15, 0.2) is 0 Å². The number of likely N-dealkylation sites (N-methyl/N-ethyl adjacent to an activating group) is 1. The molecule has 0 atom stereocenters. The molecule has 3 aromatic carbocycles. The second-order valence-corrected chi connectivity index (χ2v) is 6.03. The highest BCUT2D eigenvalue weighted by molar-refractivity contribution is 6.36. The summed E-state index contributed by atoms with van der Waals surface area (Å²) in [5, 5.41) is 2.20. The first-order chi connectivity index (χ1) is 12.2. The summed E-state index contributed by atoms with van der Waals surface area (Å²) < 4.78 is 5.57. The SMILES string of the molecule is CCN1C(=O)/C(=C\c2c(OC)ccc3ccccc23)c2ccccc21. The number of para-hydroxylation sites is 1. The molecule has 1 aliphatic rings. The Morgan fingerprint density at radius 1 is 1.00 bits per heavy atom. The zero-order valence-corrected chi connectivity index (χ0v) is 14.3. The van der Waals surface area contributed by atoms with Crippen molar-refractivity contribution in [2.45, 2.75) is 6.92 Å². The van der Waals surface area contributed by atoms with Crippen molar-refractivity contribution in [2.24, 2.45) is 0 Å². The molecule has 0 N–H and O–H groups in total. The first-order valence-electron chi connectivity index (χ1n) is 8.43. The van der Waals surface area contributed by atoms with Crippen LogP contribution in [0.1, 0.15) is 18.1 Å². The molecule has 0 aromatic heterocycles. The molecular formula is C22H19NO2. The Labute approximate surface area is 147 Å². The van der Waals surface area contributed by atoms with Gasteiger partial charge in [0.1, 0.15) is 5.75 Å². The van der Waals surface area contributed by atoms with Gasteiger partial charge in [-0.05, 0) is 35.9 Å². The van der Waals surface area contributed by atoms with Crippen LogP contribution >= 0.6 is 0 Å². The van der Waals surface area contributed by atoms with E-state index in [4.69, 9.17) is 4.74 Å². The lowest BCUT2D eigenvalue weighted by Gasteiger charge is -2.13. The van der Waals surface area contributed by atoms with Crippen molar-refractivity contribution in [3.05, 3.63) is 71.8 Å². The molecule has 0 saturated carbocycles. The molecule has 3 heteroatoms. The number of rotatable bonds is 3. The average molecular weight is 329 g/mol. The largest absolute Gasteiger partial charge is 0.496 e. The van der Waals surface area contributed by atoms with Gasteiger partial charge < -0.3 is 9.64 Å². The minimum absolute atomic E-state index is 0.0405. The third kappa shape index (κ3) is 2.40. The summed E-state index contributed by atoms with van der Waals surface area (Å²) in [6, 6.07) is 20.1. The van der Waals surface area contributed by atoms with Crippen molar-refractivity contribution in [1.29, 1.82) is 0 Å². The van der Waals surface area contributed by atoms with E-state index in [1.54, 1.807) is 7.11 Å². The Kier molecular flexibility index (Phi) is 3.77. The van der Waals surface area contributed by atoms with Crippen molar-refractivity contribution in [1.82, 2.24) is 0 Å². The Hall–Kier alpha value is -3.07. The lowest BCUT2D eigenvalue weighted by Crippen LogP contribution is -2.25. The summed E-state index contributed by atoms with van der Waals surface area (Å²) in [6.45, 7) is 2.65. The molecule has 1 amide bonds. The van der Waals surface area contributed by atoms with Crippen LogP contribution in [0.25, 0.3) is 22.4 Å². The van der Waals surface area contributed by atoms with Crippen molar-refractivity contribution in [3.8, 4) is 5.75 Å². The number of anilines is 1. The fourth-order valence-electron chi connectivity index (χ4n) is 3.51. The van der Waals surface area contributed by atoms with E-state index in [1.165, 1.54) is 0 Å². The van der Waals surface area contributed by atoms with Crippen LogP contribution in [0.3, 0.4) is 0 Å². The maximum Gasteiger partial charge on any atom is 0.258 e. The molecule has 4 rings (SSSR count). The van der Waals surface area contributed by atoms with Gasteiger partial charge in [0.05, 0.1) is 12.8 Å². The van der Waals surface area contributed by atoms with Crippen LogP contribution < -0.4 is 9.64 Å². The van der Waals surface area contributed by atoms with Crippen molar-refractivity contribution in [2.75, 3.05) is 18.6 Å². The predicted octanol–water partition coefficient (Wildman–Crippen LogP) is 4.76. The van der Waals surface area contributed by atoms with Crippen LogP contribution in [0.2, 0.25) is 0 Å². The number of carbonyl (C=O) groups is 1. The molecule has 0 fully saturated rings. The normalized spacial score (nSPS) is 15.0. The molecule has 0 bridgehead atoms. The fourth-order valence-corrected chi connectivity index (χ4v) is 3.51. The zero-order valence-electron chi connectivity index (χ0n) is 14.3. The number of hydrogen-bond acceptors (Lipinski definition) is 2. The Morgan fingerprint density at radius 2 is 1.76 bits per heavy atom. The van der Waals surface area contributed by atoms with E-state index >= 15 is 0 Å². The molecule has 0 unspecified atom stereocenters. The molecule has 3 nitrogen and oxygen atoms in total. The van der Waals surface area contributed by atoms with Crippen LogP contribution in [-0.4, -0.2) is 19.6 Å². The molecule has 1 heterocycles. The molecule has 0 aliphatic carbocycles. The van der Waals surface area contributed by atoms with Gasteiger partial charge in [-0.25, -0.2) is 0 Å². The van der Waals surface area contributed by atoms with E-state index in [0.29, 0.717) is 12.1 Å². The van der Waals surface area contributed by atoms with Crippen LogP contribution in [0.15, 0.2) is 60.7 Å². The maximum absolute atomic E-state index is 13.0. The van der Waals surface area contributed by atoms with Gasteiger partial charge in [0.2, 0.25) is 0 Å². The Balaban J connectivity index is 1.98. The smallest absolute Gasteiger partial charge is 0.258 e. The molecule has 25 heavy (non-hydrogen) atoms. The number of amides is 1. The maximum atomic E-state index is 13.0. The summed E-state index contributed by atoms with van der Waals surface area (Å²) >= 11 is 0. The third-order valence-electron chi connectivity index (χ3n) is 4.72. The van der Waals surface area contributed by atoms with E-state index in [9.17, 15) is 4.79 Å². The van der Waals surface area contributed by atoms with E-state index in [-0.39, 0.29) is 5.91 Å². The average Bonchev–Trinajstić information content (AvgIpc) is 2.93. The van der Waals surface area contributed by atoms with Gasteiger partial charge in [-0.15, -0.1) is 0 Å². The number of benzene rings is 3. The summed E-state index contributed by atoms with van der Waals surface area (Å²) in [5.41, 5.74) is 3.61. The van der Waals surface area contributed by atoms with Crippen molar-refractivity contribution >= 4 is 34.0 Å². The molecule has 0 saturated heterocycles. The number of methoxy groups -OCH3 is 1. The number of hydrogen-bond donors (Lipinski definition) is 0. The van der Waals surface area contributed by atoms with E-state index in [0.717, 1.165) is 33.3 Å². The van der Waals surface area contributed by atoms with Gasteiger partial charge in [-0.1, -0.05) is 48.5 Å². The van der Waals surface area contributed by atoms with Gasteiger partial charge in [0.25, 0.3) is 5.91 Å². The first kappa shape index (κ1) is 15.5. The van der Waals surface area contributed by atoms with E-state index in [1.807, 2.05) is 66.4 Å². The van der Waals surface area contributed by atoms with Crippen LogP contribution in [-0.2, 0) is 4.79 Å². The highest BCUT2D eigenvalue weighted by atomic mass is 16.5. The second kappa shape index (κ2) is 6.10. The number of nitrogens with zero attached hydrogens (tertiary/aromatic N) is 1. The van der Waals surface area contributed by atoms with Gasteiger partial charge in [-0.3, -0.25) is 4.79 Å². The molecule has 124 valence electrons. The first-order valence-corrected chi connectivity index (χ1v) is 8.43. The molecule has 0 spiro atoms. The number of carbonyl (C=O) groups excluding carboxylic acids is 1. The Morgan fingerprint density at radius 3 is 2.56 bits per heavy atom. The third-order valence-corrected chi connectivity index (χ3v) is 4.72. The summed E-state index contributed by atoms with van der Waals surface area (Å²) in [4.78, 5) is 14.8. The topological polar surface area (TPSA) is 29.5 Å². The van der Waals surface area contributed by atoms with Crippen LogP contribution in [0.5, 0.6) is 5.75 Å². The number of ether oxygens (including phenoxy) is 1. The molecule has 0 radical (unpaired) electrons. The second-order valence-electron chi connectivity index (χ2n) is 6.03. The highest BCUT2D eigenvalue weighted by Crippen LogP contribution is 2.39. The van der Waals surface area contributed by atoms with E-state index < -0.39 is 0 Å². The van der Waals surface area contributed by atoms with Gasteiger partial charge in [-0.2, -0.15) is 0 Å². The summed E-state index contributed by atoms with van der Waals surface area (Å²) in [6.07, 6.45) is 1.97. The zero-order chi connectivity index (χ0) is 17.4. The van der Waals surface area contributed by atoms with Crippen LogP contribution in [0.4, 0.5) is 5.69 Å². The molecule has 3 aromatic rings. The molecule has 1 aliphatic heterocycles. The lowest BCUT2D eigenvalue weighted by atomic mass is 9.99. The monoisotopic (exact) mass is 329 g/mol. The van der Waals surface area contributed by atoms with Crippen LogP contribution in [0, 0.1) is 0 Å². The summed E-state index contributed by atoms with van der Waals surface area (Å²) in [7, 11) is 1.66. The number of fused-ring (bicyclic) bond motifs is 2. The fraction of sp³-hybridized carbons (Fsp3) is 0.136. The predicted molar refractivity (Wildman–Crippen MR) is 103 cm³/mol. The standard InChI is InChI=1S/C22H19NO2/c1-3-23-20-11-7-6-10-17(20)19(22(23)24)14-18-16-9-5-4-8-15(16)12-13-21(18)25-2/h4-14H,3H2,1-2H3/b19-14-. The lowest BCUT2D eigenvalue weighted by molar-refractivity contribution is -0.112. The van der Waals surface area contributed by atoms with Gasteiger partial charge >= 0.3 is 0 Å².